The lowest BCUT2D eigenvalue weighted by Crippen LogP contribution is -2.43. The van der Waals surface area contributed by atoms with E-state index in [1.54, 1.807) is 12.5 Å². The van der Waals surface area contributed by atoms with E-state index in [9.17, 15) is 14.7 Å². The van der Waals surface area contributed by atoms with E-state index in [1.165, 1.54) is 11.8 Å². The molecule has 3 aromatic rings. The molecule has 1 atom stereocenters. The number of amides is 1. The van der Waals surface area contributed by atoms with Gasteiger partial charge in [-0.25, -0.2) is 14.6 Å². The largest absolute Gasteiger partial charge is 0.480 e. The summed E-state index contributed by atoms with van der Waals surface area (Å²) in [6.45, 7) is 0.147. The molecule has 1 aliphatic rings. The van der Waals surface area contributed by atoms with Gasteiger partial charge in [-0.2, -0.15) is 11.8 Å². The monoisotopic (exact) mass is 437 g/mol. The number of fused-ring (bicyclic) bond motifs is 3. The number of rotatable bonds is 8. The summed E-state index contributed by atoms with van der Waals surface area (Å²) in [5, 5.41) is 12.0. The van der Waals surface area contributed by atoms with Crippen LogP contribution in [-0.2, 0) is 22.3 Å². The zero-order valence-electron chi connectivity index (χ0n) is 17.0. The molecule has 1 heterocycles. The first-order valence-corrected chi connectivity index (χ1v) is 11.1. The zero-order valence-corrected chi connectivity index (χ0v) is 17.8. The number of imidazole rings is 1. The molecule has 7 nitrogen and oxygen atoms in total. The fraction of sp³-hybridized carbons (Fsp3) is 0.261. The molecule has 0 fully saturated rings. The minimum atomic E-state index is -1.09. The van der Waals surface area contributed by atoms with E-state index in [0.717, 1.165) is 27.9 Å². The van der Waals surface area contributed by atoms with Gasteiger partial charge in [0.1, 0.15) is 12.6 Å². The molecule has 8 heteroatoms. The van der Waals surface area contributed by atoms with Crippen molar-refractivity contribution < 1.29 is 19.4 Å². The fourth-order valence-electron chi connectivity index (χ4n) is 3.76. The number of hydrogen-bond acceptors (Lipinski definition) is 5. The van der Waals surface area contributed by atoms with E-state index < -0.39 is 18.1 Å². The predicted octanol–water partition coefficient (Wildman–Crippen LogP) is 3.65. The van der Waals surface area contributed by atoms with E-state index in [1.807, 2.05) is 48.0 Å². The minimum absolute atomic E-state index is 0.0688. The van der Waals surface area contributed by atoms with Gasteiger partial charge in [0.25, 0.3) is 0 Å². The van der Waals surface area contributed by atoms with Gasteiger partial charge in [0, 0.05) is 36.4 Å². The van der Waals surface area contributed by atoms with Crippen molar-refractivity contribution in [1.82, 2.24) is 14.9 Å². The number of nitrogens with one attached hydrogen (secondary N) is 1. The molecular formula is C23H23N3O4S. The molecule has 0 saturated carbocycles. The van der Waals surface area contributed by atoms with Crippen LogP contribution in [0.1, 0.15) is 22.7 Å². The quantitative estimate of drug-likeness (QED) is 0.559. The molecule has 160 valence electrons. The molecule has 0 aliphatic heterocycles. The van der Waals surface area contributed by atoms with E-state index in [-0.39, 0.29) is 18.3 Å². The third-order valence-corrected chi connectivity index (χ3v) is 6.45. The molecule has 0 radical (unpaired) electrons. The Morgan fingerprint density at radius 2 is 1.81 bits per heavy atom. The summed E-state index contributed by atoms with van der Waals surface area (Å²) in [5.41, 5.74) is 5.48. The van der Waals surface area contributed by atoms with Crippen molar-refractivity contribution in [1.29, 1.82) is 0 Å². The molecule has 4 rings (SSSR count). The van der Waals surface area contributed by atoms with Crippen LogP contribution in [0.2, 0.25) is 0 Å². The first kappa shape index (κ1) is 21.0. The number of carboxylic acids is 1. The number of aromatic nitrogens is 2. The van der Waals surface area contributed by atoms with E-state index >= 15 is 0 Å². The topological polar surface area (TPSA) is 93.5 Å². The second kappa shape index (κ2) is 9.26. The molecular weight excluding hydrogens is 414 g/mol. The van der Waals surface area contributed by atoms with Crippen molar-refractivity contribution in [2.24, 2.45) is 7.05 Å². The third-order valence-electron chi connectivity index (χ3n) is 5.38. The molecule has 0 bridgehead atoms. The maximum Gasteiger partial charge on any atom is 0.407 e. The summed E-state index contributed by atoms with van der Waals surface area (Å²) in [6, 6.07) is 15.1. The van der Waals surface area contributed by atoms with E-state index in [2.05, 4.69) is 22.4 Å². The standard InChI is InChI=1S/C23H23N3O4S/c1-26-14-24-10-15(26)12-31-13-21(22(27)28)25-23(29)30-11-20-18-8-4-2-6-16(18)17-7-3-5-9-19(17)20/h2-10,14,20-21H,11-13H2,1H3,(H,25,29)(H,27,28). The van der Waals surface area contributed by atoms with Gasteiger partial charge in [-0.1, -0.05) is 48.5 Å². The highest BCUT2D eigenvalue weighted by molar-refractivity contribution is 7.98. The molecule has 31 heavy (non-hydrogen) atoms. The highest BCUT2D eigenvalue weighted by Gasteiger charge is 2.29. The highest BCUT2D eigenvalue weighted by Crippen LogP contribution is 2.44. The summed E-state index contributed by atoms with van der Waals surface area (Å²) in [4.78, 5) is 28.0. The Kier molecular flexibility index (Phi) is 6.27. The van der Waals surface area contributed by atoms with Gasteiger partial charge in [0.2, 0.25) is 0 Å². The Labute approximate surface area is 184 Å². The Bertz CT molecular complexity index is 1050. The number of aliphatic carboxylic acids is 1. The summed E-state index contributed by atoms with van der Waals surface area (Å²) < 4.78 is 7.33. The second-order valence-electron chi connectivity index (χ2n) is 7.37. The van der Waals surface area contributed by atoms with Crippen molar-refractivity contribution in [2.75, 3.05) is 12.4 Å². The Balaban J connectivity index is 1.34. The lowest BCUT2D eigenvalue weighted by Gasteiger charge is -2.17. The number of hydrogen-bond donors (Lipinski definition) is 2. The average molecular weight is 438 g/mol. The van der Waals surface area contributed by atoms with Gasteiger partial charge in [0.05, 0.1) is 6.33 Å². The van der Waals surface area contributed by atoms with Crippen LogP contribution in [0.5, 0.6) is 0 Å². The summed E-state index contributed by atoms with van der Waals surface area (Å²) in [6.07, 6.45) is 2.71. The van der Waals surface area contributed by atoms with Gasteiger partial charge in [0.15, 0.2) is 0 Å². The van der Waals surface area contributed by atoms with Crippen LogP contribution in [0.15, 0.2) is 61.1 Å². The third kappa shape index (κ3) is 4.59. The lowest BCUT2D eigenvalue weighted by molar-refractivity contribution is -0.138. The fourth-order valence-corrected chi connectivity index (χ4v) is 4.83. The van der Waals surface area contributed by atoms with Gasteiger partial charge in [-0.05, 0) is 22.3 Å². The number of benzene rings is 2. The Hall–Kier alpha value is -3.26. The Morgan fingerprint density at radius 3 is 2.39 bits per heavy atom. The van der Waals surface area contributed by atoms with Crippen LogP contribution >= 0.6 is 11.8 Å². The number of aryl methyl sites for hydroxylation is 1. The second-order valence-corrected chi connectivity index (χ2v) is 8.40. The summed E-state index contributed by atoms with van der Waals surface area (Å²) in [5.74, 6) is -0.330. The number of carbonyl (C=O) groups is 2. The average Bonchev–Trinajstić information content (AvgIpc) is 3.32. The summed E-state index contributed by atoms with van der Waals surface area (Å²) >= 11 is 1.42. The number of nitrogens with zero attached hydrogens (tertiary/aromatic N) is 2. The number of thioether (sulfide) groups is 1. The predicted molar refractivity (Wildman–Crippen MR) is 119 cm³/mol. The van der Waals surface area contributed by atoms with Crippen molar-refractivity contribution >= 4 is 23.8 Å². The number of carbonyl (C=O) groups excluding carboxylic acids is 1. The van der Waals surface area contributed by atoms with Crippen LogP contribution in [-0.4, -0.2) is 45.1 Å². The van der Waals surface area contributed by atoms with Crippen LogP contribution in [0, 0.1) is 0 Å². The van der Waals surface area contributed by atoms with Crippen LogP contribution in [0.4, 0.5) is 4.79 Å². The van der Waals surface area contributed by atoms with Crippen LogP contribution in [0.25, 0.3) is 11.1 Å². The number of ether oxygens (including phenoxy) is 1. The normalized spacial score (nSPS) is 13.3. The van der Waals surface area contributed by atoms with Crippen molar-refractivity contribution in [3.63, 3.8) is 0 Å². The molecule has 0 spiro atoms. The smallest absolute Gasteiger partial charge is 0.407 e. The van der Waals surface area contributed by atoms with Crippen molar-refractivity contribution in [2.45, 2.75) is 17.7 Å². The molecule has 1 aliphatic carbocycles. The number of carboxylic acid groups (broad SMARTS) is 1. The molecule has 2 aromatic carbocycles. The lowest BCUT2D eigenvalue weighted by atomic mass is 9.98. The molecule has 1 amide bonds. The van der Waals surface area contributed by atoms with Crippen LogP contribution < -0.4 is 5.32 Å². The highest BCUT2D eigenvalue weighted by atomic mass is 32.2. The first-order chi connectivity index (χ1) is 15.0. The van der Waals surface area contributed by atoms with Crippen molar-refractivity contribution in [3.05, 3.63) is 77.9 Å². The van der Waals surface area contributed by atoms with E-state index in [4.69, 9.17) is 4.74 Å². The number of alkyl carbamates (subject to hydrolysis) is 1. The maximum atomic E-state index is 12.4. The first-order valence-electron chi connectivity index (χ1n) is 9.92. The molecule has 1 unspecified atom stereocenters. The maximum absolute atomic E-state index is 12.4. The van der Waals surface area contributed by atoms with Gasteiger partial charge in [-0.15, -0.1) is 0 Å². The Morgan fingerprint density at radius 1 is 1.16 bits per heavy atom. The SMILES string of the molecule is Cn1cncc1CSCC(NC(=O)OCC1c2ccccc2-c2ccccc21)C(=O)O. The minimum Gasteiger partial charge on any atom is -0.480 e. The molecule has 2 N–H and O–H groups in total. The van der Waals surface area contributed by atoms with Gasteiger partial charge in [-0.3, -0.25) is 0 Å². The van der Waals surface area contributed by atoms with Crippen LogP contribution in [0.3, 0.4) is 0 Å². The van der Waals surface area contributed by atoms with Crippen molar-refractivity contribution in [3.8, 4) is 11.1 Å². The van der Waals surface area contributed by atoms with Gasteiger partial charge >= 0.3 is 12.1 Å². The van der Waals surface area contributed by atoms with E-state index in [0.29, 0.717) is 5.75 Å². The molecule has 1 aromatic heterocycles. The molecule has 0 saturated heterocycles. The zero-order chi connectivity index (χ0) is 21.8. The summed E-state index contributed by atoms with van der Waals surface area (Å²) in [7, 11) is 1.88. The van der Waals surface area contributed by atoms with Gasteiger partial charge < -0.3 is 19.7 Å².